The van der Waals surface area contributed by atoms with Gasteiger partial charge in [-0.05, 0) is 62.2 Å². The van der Waals surface area contributed by atoms with E-state index in [1.165, 1.54) is 0 Å². The maximum Gasteiger partial charge on any atom is 0.255 e. The van der Waals surface area contributed by atoms with Crippen molar-refractivity contribution >= 4 is 17.3 Å². The molecular weight excluding hydrogens is 264 g/mol. The summed E-state index contributed by atoms with van der Waals surface area (Å²) in [5, 5.41) is 2.94. The van der Waals surface area contributed by atoms with Gasteiger partial charge in [-0.25, -0.2) is 0 Å². The second-order valence-electron chi connectivity index (χ2n) is 4.94. The van der Waals surface area contributed by atoms with Crippen LogP contribution in [-0.2, 0) is 0 Å². The lowest BCUT2D eigenvalue weighted by Gasteiger charge is -2.13. The molecule has 0 saturated heterocycles. The van der Waals surface area contributed by atoms with Crippen LogP contribution in [0.15, 0.2) is 36.4 Å². The molecule has 2 rings (SSSR count). The Morgan fingerprint density at radius 2 is 1.86 bits per heavy atom. The predicted molar refractivity (Wildman–Crippen MR) is 85.9 cm³/mol. The number of carbonyl (C=O) groups is 1. The molecule has 0 aromatic heterocycles. The van der Waals surface area contributed by atoms with Crippen molar-refractivity contribution in [3.05, 3.63) is 53.1 Å². The second kappa shape index (κ2) is 6.31. The van der Waals surface area contributed by atoms with Gasteiger partial charge >= 0.3 is 0 Å². The number of amides is 1. The summed E-state index contributed by atoms with van der Waals surface area (Å²) in [6, 6.07) is 10.8. The molecule has 0 aliphatic rings. The molecule has 0 radical (unpaired) electrons. The molecule has 0 aliphatic heterocycles. The molecule has 0 spiro atoms. The summed E-state index contributed by atoms with van der Waals surface area (Å²) in [5.74, 6) is 0.531. The van der Waals surface area contributed by atoms with Gasteiger partial charge in [0, 0.05) is 16.9 Å². The van der Waals surface area contributed by atoms with Crippen molar-refractivity contribution in [3.8, 4) is 5.75 Å². The molecule has 4 nitrogen and oxygen atoms in total. The number of hydrogen-bond acceptors (Lipinski definition) is 3. The topological polar surface area (TPSA) is 64.3 Å². The number of anilines is 2. The highest BCUT2D eigenvalue weighted by molar-refractivity contribution is 6.05. The minimum absolute atomic E-state index is 0.160. The smallest absolute Gasteiger partial charge is 0.255 e. The molecule has 4 heteroatoms. The average Bonchev–Trinajstić information content (AvgIpc) is 2.43. The van der Waals surface area contributed by atoms with Crippen LogP contribution in [0.25, 0.3) is 0 Å². The first-order valence-electron chi connectivity index (χ1n) is 6.92. The molecule has 0 aliphatic carbocycles. The van der Waals surface area contributed by atoms with Gasteiger partial charge in [0.25, 0.3) is 5.91 Å². The molecule has 2 aromatic rings. The zero-order chi connectivity index (χ0) is 15.4. The van der Waals surface area contributed by atoms with Gasteiger partial charge in [-0.15, -0.1) is 0 Å². The Morgan fingerprint density at radius 3 is 2.48 bits per heavy atom. The second-order valence-corrected chi connectivity index (χ2v) is 4.94. The summed E-state index contributed by atoms with van der Waals surface area (Å²) in [4.78, 5) is 12.4. The lowest BCUT2D eigenvalue weighted by molar-refractivity contribution is 0.102. The average molecular weight is 284 g/mol. The van der Waals surface area contributed by atoms with Gasteiger partial charge < -0.3 is 15.8 Å². The van der Waals surface area contributed by atoms with Gasteiger partial charge in [-0.3, -0.25) is 4.79 Å². The summed E-state index contributed by atoms with van der Waals surface area (Å²) in [6.45, 7) is 6.33. The Labute approximate surface area is 124 Å². The third kappa shape index (κ3) is 3.54. The van der Waals surface area contributed by atoms with Crippen molar-refractivity contribution < 1.29 is 9.53 Å². The van der Waals surface area contributed by atoms with E-state index in [-0.39, 0.29) is 5.91 Å². The molecule has 3 N–H and O–H groups in total. The van der Waals surface area contributed by atoms with Crippen LogP contribution in [0.4, 0.5) is 11.4 Å². The fraction of sp³-hybridized carbons (Fsp3) is 0.235. The van der Waals surface area contributed by atoms with E-state index in [0.29, 0.717) is 23.6 Å². The Balaban J connectivity index is 2.24. The number of carbonyl (C=O) groups excluding carboxylic acids is 1. The number of aryl methyl sites for hydroxylation is 2. The van der Waals surface area contributed by atoms with E-state index >= 15 is 0 Å². The SMILES string of the molecule is CCOc1cccc(C(=O)Nc2c(C)cc(N)cc2C)c1. The lowest BCUT2D eigenvalue weighted by atomic mass is 10.1. The molecular formula is C17H20N2O2. The standard InChI is InChI=1S/C17H20N2O2/c1-4-21-15-7-5-6-13(10-15)17(20)19-16-11(2)8-14(18)9-12(16)3/h5-10H,4,18H2,1-3H3,(H,19,20). The summed E-state index contributed by atoms with van der Waals surface area (Å²) in [7, 11) is 0. The van der Waals surface area contributed by atoms with E-state index in [4.69, 9.17) is 10.5 Å². The van der Waals surface area contributed by atoms with Crippen LogP contribution < -0.4 is 15.8 Å². The van der Waals surface area contributed by atoms with Crippen molar-refractivity contribution in [2.75, 3.05) is 17.7 Å². The molecule has 21 heavy (non-hydrogen) atoms. The van der Waals surface area contributed by atoms with Gasteiger partial charge in [0.15, 0.2) is 0 Å². The zero-order valence-electron chi connectivity index (χ0n) is 12.6. The molecule has 0 atom stereocenters. The summed E-state index contributed by atoms with van der Waals surface area (Å²) in [5.41, 5.74) is 9.75. The quantitative estimate of drug-likeness (QED) is 0.844. The molecule has 0 fully saturated rings. The van der Waals surface area contributed by atoms with Crippen LogP contribution in [0.1, 0.15) is 28.4 Å². The number of benzene rings is 2. The van der Waals surface area contributed by atoms with Crippen LogP contribution in [0, 0.1) is 13.8 Å². The lowest BCUT2D eigenvalue weighted by Crippen LogP contribution is -2.14. The molecule has 0 saturated carbocycles. The van der Waals surface area contributed by atoms with Crippen molar-refractivity contribution in [2.45, 2.75) is 20.8 Å². The predicted octanol–water partition coefficient (Wildman–Crippen LogP) is 3.54. The fourth-order valence-corrected chi connectivity index (χ4v) is 2.27. The number of rotatable bonds is 4. The number of nitrogen functional groups attached to an aromatic ring is 1. The number of nitrogens with two attached hydrogens (primary N) is 1. The van der Waals surface area contributed by atoms with Crippen LogP contribution in [0.3, 0.4) is 0 Å². The third-order valence-electron chi connectivity index (χ3n) is 3.20. The molecule has 110 valence electrons. The first-order chi connectivity index (χ1) is 10.0. The van der Waals surface area contributed by atoms with Crippen LogP contribution in [-0.4, -0.2) is 12.5 Å². The van der Waals surface area contributed by atoms with Gasteiger partial charge in [-0.1, -0.05) is 6.07 Å². The maximum atomic E-state index is 12.4. The van der Waals surface area contributed by atoms with Gasteiger partial charge in [-0.2, -0.15) is 0 Å². The zero-order valence-corrected chi connectivity index (χ0v) is 12.6. The molecule has 2 aromatic carbocycles. The Hall–Kier alpha value is -2.49. The Morgan fingerprint density at radius 1 is 1.19 bits per heavy atom. The van der Waals surface area contributed by atoms with Gasteiger partial charge in [0.2, 0.25) is 0 Å². The number of nitrogens with one attached hydrogen (secondary N) is 1. The summed E-state index contributed by atoms with van der Waals surface area (Å²) >= 11 is 0. The highest BCUT2D eigenvalue weighted by Crippen LogP contribution is 2.24. The molecule has 1 amide bonds. The third-order valence-corrected chi connectivity index (χ3v) is 3.20. The fourth-order valence-electron chi connectivity index (χ4n) is 2.27. The van der Waals surface area contributed by atoms with Crippen LogP contribution >= 0.6 is 0 Å². The normalized spacial score (nSPS) is 10.2. The van der Waals surface area contributed by atoms with Crippen molar-refractivity contribution in [3.63, 3.8) is 0 Å². The summed E-state index contributed by atoms with van der Waals surface area (Å²) in [6.07, 6.45) is 0. The van der Waals surface area contributed by atoms with E-state index < -0.39 is 0 Å². The maximum absolute atomic E-state index is 12.4. The van der Waals surface area contributed by atoms with Gasteiger partial charge in [0.05, 0.1) is 6.61 Å². The van der Waals surface area contributed by atoms with E-state index in [9.17, 15) is 4.79 Å². The minimum atomic E-state index is -0.160. The first kappa shape index (κ1) is 14.9. The van der Waals surface area contributed by atoms with E-state index in [2.05, 4.69) is 5.32 Å². The van der Waals surface area contributed by atoms with E-state index in [1.54, 1.807) is 12.1 Å². The number of ether oxygens (including phenoxy) is 1. The molecule has 0 unspecified atom stereocenters. The van der Waals surface area contributed by atoms with Crippen LogP contribution in [0.5, 0.6) is 5.75 Å². The molecule has 0 bridgehead atoms. The van der Waals surface area contributed by atoms with E-state index in [0.717, 1.165) is 16.8 Å². The van der Waals surface area contributed by atoms with E-state index in [1.807, 2.05) is 45.0 Å². The Bertz CT molecular complexity index is 643. The Kier molecular flexibility index (Phi) is 4.48. The highest BCUT2D eigenvalue weighted by atomic mass is 16.5. The van der Waals surface area contributed by atoms with Crippen molar-refractivity contribution in [2.24, 2.45) is 0 Å². The monoisotopic (exact) mass is 284 g/mol. The van der Waals surface area contributed by atoms with Crippen molar-refractivity contribution in [1.29, 1.82) is 0 Å². The largest absolute Gasteiger partial charge is 0.494 e. The van der Waals surface area contributed by atoms with Crippen molar-refractivity contribution in [1.82, 2.24) is 0 Å². The van der Waals surface area contributed by atoms with Crippen LogP contribution in [0.2, 0.25) is 0 Å². The minimum Gasteiger partial charge on any atom is -0.494 e. The summed E-state index contributed by atoms with van der Waals surface area (Å²) < 4.78 is 5.41. The number of hydrogen-bond donors (Lipinski definition) is 2. The first-order valence-corrected chi connectivity index (χ1v) is 6.92. The highest BCUT2D eigenvalue weighted by Gasteiger charge is 2.11. The molecule has 0 heterocycles. The van der Waals surface area contributed by atoms with Gasteiger partial charge in [0.1, 0.15) is 5.75 Å².